The summed E-state index contributed by atoms with van der Waals surface area (Å²) < 4.78 is 7.31. The highest BCUT2D eigenvalue weighted by molar-refractivity contribution is 5.97. The van der Waals surface area contributed by atoms with Crippen molar-refractivity contribution in [3.63, 3.8) is 0 Å². The molecule has 0 bridgehead atoms. The summed E-state index contributed by atoms with van der Waals surface area (Å²) in [7, 11) is 0. The quantitative estimate of drug-likeness (QED) is 0.534. The van der Waals surface area contributed by atoms with E-state index in [2.05, 4.69) is 4.98 Å². The molecule has 0 radical (unpaired) electrons. The van der Waals surface area contributed by atoms with Crippen molar-refractivity contribution in [2.24, 2.45) is 0 Å². The van der Waals surface area contributed by atoms with E-state index < -0.39 is 17.9 Å². The summed E-state index contributed by atoms with van der Waals surface area (Å²) in [4.78, 5) is 39.7. The van der Waals surface area contributed by atoms with Crippen LogP contribution in [0.15, 0.2) is 35.4 Å². The number of carboxylic acids is 1. The summed E-state index contributed by atoms with van der Waals surface area (Å²) in [5, 5.41) is 19.5. The number of pyridine rings is 1. The SMILES string of the molecule is CCCc1c(OCc2c(C)ccn3c(=O)c(CC(=O)O)cnc23)ccc(C(C)=O)c1O. The molecule has 2 heterocycles. The topological polar surface area (TPSA) is 118 Å². The maximum Gasteiger partial charge on any atom is 0.308 e. The molecule has 0 spiro atoms. The van der Waals surface area contributed by atoms with Crippen molar-refractivity contribution >= 4 is 17.4 Å². The number of ether oxygens (including phenoxy) is 1. The van der Waals surface area contributed by atoms with Crippen LogP contribution in [0.2, 0.25) is 0 Å². The number of ketones is 1. The maximum atomic E-state index is 12.6. The van der Waals surface area contributed by atoms with E-state index in [1.54, 1.807) is 18.3 Å². The first-order valence-electron chi connectivity index (χ1n) is 9.93. The Morgan fingerprint density at radius 2 is 1.94 bits per heavy atom. The fourth-order valence-electron chi connectivity index (χ4n) is 3.47. The number of benzene rings is 1. The number of aliphatic carboxylic acids is 1. The van der Waals surface area contributed by atoms with Gasteiger partial charge in [0.25, 0.3) is 5.56 Å². The van der Waals surface area contributed by atoms with Crippen molar-refractivity contribution in [2.45, 2.75) is 46.6 Å². The number of hydrogen-bond acceptors (Lipinski definition) is 6. The first-order valence-corrected chi connectivity index (χ1v) is 9.93. The average Bonchev–Trinajstić information content (AvgIpc) is 2.71. The second-order valence-corrected chi connectivity index (χ2v) is 7.36. The van der Waals surface area contributed by atoms with E-state index in [9.17, 15) is 19.5 Å². The van der Waals surface area contributed by atoms with Crippen molar-refractivity contribution in [1.29, 1.82) is 0 Å². The van der Waals surface area contributed by atoms with Gasteiger partial charge in [-0.1, -0.05) is 13.3 Å². The lowest BCUT2D eigenvalue weighted by Gasteiger charge is -2.16. The second kappa shape index (κ2) is 8.99. The van der Waals surface area contributed by atoms with Gasteiger partial charge in [-0.2, -0.15) is 0 Å². The van der Waals surface area contributed by atoms with Crippen LogP contribution in [0.25, 0.3) is 5.65 Å². The number of nitrogens with zero attached hydrogens (tertiary/aromatic N) is 2. The Morgan fingerprint density at radius 3 is 2.58 bits per heavy atom. The summed E-state index contributed by atoms with van der Waals surface area (Å²) in [5.41, 5.74) is 2.34. The van der Waals surface area contributed by atoms with Gasteiger partial charge in [0.1, 0.15) is 23.8 Å². The number of carbonyl (C=O) groups excluding carboxylic acids is 1. The Balaban J connectivity index is 2.01. The van der Waals surface area contributed by atoms with Gasteiger partial charge in [-0.25, -0.2) is 4.98 Å². The minimum absolute atomic E-state index is 0.0749. The molecule has 3 aromatic rings. The first-order chi connectivity index (χ1) is 14.7. The van der Waals surface area contributed by atoms with Crippen molar-refractivity contribution < 1.29 is 24.5 Å². The molecule has 1 aromatic carbocycles. The summed E-state index contributed by atoms with van der Waals surface area (Å²) in [6.45, 7) is 5.30. The largest absolute Gasteiger partial charge is 0.507 e. The van der Waals surface area contributed by atoms with E-state index in [1.165, 1.54) is 23.6 Å². The molecule has 162 valence electrons. The van der Waals surface area contributed by atoms with Crippen LogP contribution < -0.4 is 10.3 Å². The monoisotopic (exact) mass is 424 g/mol. The van der Waals surface area contributed by atoms with Crippen LogP contribution >= 0.6 is 0 Å². The van der Waals surface area contributed by atoms with E-state index in [0.717, 1.165) is 12.0 Å². The minimum Gasteiger partial charge on any atom is -0.507 e. The molecule has 0 amide bonds. The molecule has 0 unspecified atom stereocenters. The Kier molecular flexibility index (Phi) is 6.39. The zero-order valence-corrected chi connectivity index (χ0v) is 17.6. The number of phenols is 1. The molecule has 3 rings (SSSR count). The summed E-state index contributed by atoms with van der Waals surface area (Å²) in [5.74, 6) is -0.955. The molecule has 0 atom stereocenters. The number of carbonyl (C=O) groups is 2. The Hall–Kier alpha value is -3.68. The lowest BCUT2D eigenvalue weighted by molar-refractivity contribution is -0.136. The Labute approximate surface area is 178 Å². The third kappa shape index (κ3) is 4.42. The van der Waals surface area contributed by atoms with Gasteiger partial charge in [-0.05, 0) is 44.0 Å². The van der Waals surface area contributed by atoms with E-state index in [4.69, 9.17) is 9.84 Å². The van der Waals surface area contributed by atoms with Gasteiger partial charge < -0.3 is 14.9 Å². The fourth-order valence-corrected chi connectivity index (χ4v) is 3.47. The van der Waals surface area contributed by atoms with E-state index in [0.29, 0.717) is 28.9 Å². The molecule has 0 aliphatic carbocycles. The Morgan fingerprint density at radius 1 is 1.19 bits per heavy atom. The highest BCUT2D eigenvalue weighted by atomic mass is 16.5. The molecule has 0 aliphatic rings. The molecular weight excluding hydrogens is 400 g/mol. The lowest BCUT2D eigenvalue weighted by Crippen LogP contribution is -2.22. The van der Waals surface area contributed by atoms with Crippen LogP contribution in [0.3, 0.4) is 0 Å². The van der Waals surface area contributed by atoms with Gasteiger partial charge in [-0.3, -0.25) is 18.8 Å². The third-order valence-electron chi connectivity index (χ3n) is 5.12. The van der Waals surface area contributed by atoms with Crippen LogP contribution in [-0.4, -0.2) is 31.4 Å². The predicted octanol–water partition coefficient (Wildman–Crippen LogP) is 3.07. The van der Waals surface area contributed by atoms with Crippen molar-refractivity contribution in [3.05, 3.63) is 68.8 Å². The molecule has 31 heavy (non-hydrogen) atoms. The smallest absolute Gasteiger partial charge is 0.308 e. The van der Waals surface area contributed by atoms with Crippen molar-refractivity contribution in [1.82, 2.24) is 9.38 Å². The van der Waals surface area contributed by atoms with Gasteiger partial charge in [0.05, 0.1) is 12.0 Å². The zero-order chi connectivity index (χ0) is 22.7. The number of fused-ring (bicyclic) bond motifs is 1. The number of hydrogen-bond donors (Lipinski definition) is 2. The number of aromatic hydroxyl groups is 1. The molecule has 0 saturated carbocycles. The van der Waals surface area contributed by atoms with Crippen LogP contribution in [0.5, 0.6) is 11.5 Å². The van der Waals surface area contributed by atoms with E-state index in [1.807, 2.05) is 13.8 Å². The normalized spacial score (nSPS) is 10.9. The van der Waals surface area contributed by atoms with Gasteiger partial charge in [0.15, 0.2) is 5.78 Å². The number of phenolic OH excluding ortho intramolecular Hbond substituents is 1. The van der Waals surface area contributed by atoms with Crippen LogP contribution in [0.4, 0.5) is 0 Å². The van der Waals surface area contributed by atoms with Crippen molar-refractivity contribution in [2.75, 3.05) is 0 Å². The number of rotatable bonds is 8. The molecule has 0 aliphatic heterocycles. The number of aryl methyl sites for hydroxylation is 1. The minimum atomic E-state index is -1.10. The fraction of sp³-hybridized carbons (Fsp3) is 0.304. The molecule has 8 nitrogen and oxygen atoms in total. The molecule has 0 fully saturated rings. The van der Waals surface area contributed by atoms with E-state index in [-0.39, 0.29) is 29.3 Å². The Bertz CT molecular complexity index is 1230. The molecule has 0 saturated heterocycles. The molecular formula is C23H24N2O6. The van der Waals surface area contributed by atoms with Crippen LogP contribution in [0, 0.1) is 6.92 Å². The predicted molar refractivity (Wildman–Crippen MR) is 114 cm³/mol. The summed E-state index contributed by atoms with van der Waals surface area (Å²) >= 11 is 0. The molecule has 2 aromatic heterocycles. The van der Waals surface area contributed by atoms with E-state index >= 15 is 0 Å². The van der Waals surface area contributed by atoms with Gasteiger partial charge >= 0.3 is 5.97 Å². The van der Waals surface area contributed by atoms with Gasteiger partial charge in [0.2, 0.25) is 0 Å². The molecule has 2 N–H and O–H groups in total. The number of Topliss-reactive ketones (excluding diaryl/α,β-unsaturated/α-hetero) is 1. The van der Waals surface area contributed by atoms with Gasteiger partial charge in [-0.15, -0.1) is 0 Å². The number of aromatic nitrogens is 2. The molecule has 8 heteroatoms. The highest BCUT2D eigenvalue weighted by Gasteiger charge is 2.18. The maximum absolute atomic E-state index is 12.6. The average molecular weight is 424 g/mol. The third-order valence-corrected chi connectivity index (χ3v) is 5.12. The summed E-state index contributed by atoms with van der Waals surface area (Å²) in [6, 6.07) is 4.93. The number of carboxylic acid groups (broad SMARTS) is 1. The lowest BCUT2D eigenvalue weighted by atomic mass is 10.0. The second-order valence-electron chi connectivity index (χ2n) is 7.36. The van der Waals surface area contributed by atoms with Crippen LogP contribution in [-0.2, 0) is 24.2 Å². The van der Waals surface area contributed by atoms with Crippen molar-refractivity contribution in [3.8, 4) is 11.5 Å². The standard InChI is InChI=1S/C23H24N2O6/c1-4-5-17-19(7-6-16(14(3)26)21(17)29)31-12-18-13(2)8-9-25-22(18)24-11-15(23(25)30)10-20(27)28/h6-9,11,29H,4-5,10,12H2,1-3H3,(H,27,28). The van der Waals surface area contributed by atoms with Crippen LogP contribution in [0.1, 0.15) is 52.9 Å². The highest BCUT2D eigenvalue weighted by Crippen LogP contribution is 2.33. The summed E-state index contributed by atoms with van der Waals surface area (Å²) in [6.07, 6.45) is 3.72. The zero-order valence-electron chi connectivity index (χ0n) is 17.6. The first kappa shape index (κ1) is 22.0. The van der Waals surface area contributed by atoms with Gasteiger partial charge in [0, 0.05) is 29.1 Å².